The average Bonchev–Trinajstić information content (AvgIpc) is 3.27. The van der Waals surface area contributed by atoms with Crippen LogP contribution in [0.2, 0.25) is 0 Å². The number of hydrogen-bond donors (Lipinski definition) is 1. The highest BCUT2D eigenvalue weighted by molar-refractivity contribution is 6.04. The lowest BCUT2D eigenvalue weighted by molar-refractivity contribution is -0.143. The van der Waals surface area contributed by atoms with Crippen molar-refractivity contribution in [2.75, 3.05) is 11.9 Å². The highest BCUT2D eigenvalue weighted by Crippen LogP contribution is 2.33. The Bertz CT molecular complexity index is 1250. The van der Waals surface area contributed by atoms with Gasteiger partial charge >= 0.3 is 6.18 Å². The van der Waals surface area contributed by atoms with Gasteiger partial charge in [-0.2, -0.15) is 13.2 Å². The molecule has 2 aromatic carbocycles. The van der Waals surface area contributed by atoms with E-state index in [1.165, 1.54) is 12.1 Å². The lowest BCUT2D eigenvalue weighted by Gasteiger charge is -2.33. The zero-order chi connectivity index (χ0) is 25.3. The molecule has 0 saturated carbocycles. The van der Waals surface area contributed by atoms with Gasteiger partial charge in [0.15, 0.2) is 11.4 Å². The Morgan fingerprint density at radius 3 is 2.43 bits per heavy atom. The molecule has 1 aliphatic rings. The maximum atomic E-state index is 13.8. The Kier molecular flexibility index (Phi) is 6.60. The van der Waals surface area contributed by atoms with E-state index in [0.717, 1.165) is 43.5 Å². The Hall–Kier alpha value is -3.76. The molecule has 7 nitrogen and oxygen atoms in total. The van der Waals surface area contributed by atoms with Crippen LogP contribution in [0.5, 0.6) is 0 Å². The predicted octanol–water partition coefficient (Wildman–Crippen LogP) is 5.00. The van der Waals surface area contributed by atoms with Gasteiger partial charge in [-0.25, -0.2) is 9.07 Å². The van der Waals surface area contributed by atoms with Gasteiger partial charge in [0, 0.05) is 23.8 Å². The number of aryl methyl sites for hydroxylation is 1. The second kappa shape index (κ2) is 9.47. The average molecular weight is 489 g/mol. The van der Waals surface area contributed by atoms with Crippen LogP contribution in [0.4, 0.5) is 23.2 Å². The van der Waals surface area contributed by atoms with Gasteiger partial charge in [0.25, 0.3) is 11.8 Å². The van der Waals surface area contributed by atoms with Gasteiger partial charge in [0.05, 0.1) is 5.69 Å². The van der Waals surface area contributed by atoms with Gasteiger partial charge in [-0.05, 0) is 81.1 Å². The molecule has 1 unspecified atom stereocenters. The van der Waals surface area contributed by atoms with E-state index in [1.807, 2.05) is 6.92 Å². The summed E-state index contributed by atoms with van der Waals surface area (Å²) in [4.78, 5) is 27.5. The van der Waals surface area contributed by atoms with Crippen molar-refractivity contribution in [1.29, 1.82) is 0 Å². The number of anilines is 1. The zero-order valence-corrected chi connectivity index (χ0v) is 19.1. The number of alkyl halides is 3. The van der Waals surface area contributed by atoms with Crippen LogP contribution in [0, 0.1) is 12.7 Å². The first-order chi connectivity index (χ1) is 16.6. The summed E-state index contributed by atoms with van der Waals surface area (Å²) in [6, 6.07) is 8.90. The molecule has 1 aliphatic heterocycles. The molecule has 2 heterocycles. The first kappa shape index (κ1) is 24.4. The molecule has 1 aromatic heterocycles. The summed E-state index contributed by atoms with van der Waals surface area (Å²) in [6.45, 7) is 4.31. The fourth-order valence-corrected chi connectivity index (χ4v) is 4.14. The summed E-state index contributed by atoms with van der Waals surface area (Å²) in [5.74, 6) is -1.87. The van der Waals surface area contributed by atoms with Crippen molar-refractivity contribution in [2.45, 2.75) is 45.3 Å². The van der Waals surface area contributed by atoms with Crippen molar-refractivity contribution in [3.63, 3.8) is 0 Å². The monoisotopic (exact) mass is 489 g/mol. The first-order valence-electron chi connectivity index (χ1n) is 11.1. The number of carbonyl (C=O) groups is 2. The summed E-state index contributed by atoms with van der Waals surface area (Å²) in [5.41, 5.74) is -1.23. The lowest BCUT2D eigenvalue weighted by atomic mass is 10.0. The van der Waals surface area contributed by atoms with E-state index >= 15 is 0 Å². The van der Waals surface area contributed by atoms with E-state index in [9.17, 15) is 27.2 Å². The highest BCUT2D eigenvalue weighted by atomic mass is 19.4. The standard InChI is InChI=1S/C24H23F4N5O2/c1-14-13-16(23(35)32-12-4-3-5-15(32)2)6-11-19(14)29-22(34)20-21(24(26,27)28)33(31-30-20)18-9-7-17(25)8-10-18/h6-11,13,15H,3-5,12H2,1-2H3,(H,29,34). The van der Waals surface area contributed by atoms with Crippen molar-refractivity contribution in [2.24, 2.45) is 0 Å². The first-order valence-corrected chi connectivity index (χ1v) is 11.1. The number of amides is 2. The number of benzene rings is 2. The maximum Gasteiger partial charge on any atom is 0.435 e. The fourth-order valence-electron chi connectivity index (χ4n) is 4.14. The molecule has 2 amide bonds. The van der Waals surface area contributed by atoms with Crippen LogP contribution in [-0.2, 0) is 6.18 Å². The molecule has 0 spiro atoms. The lowest BCUT2D eigenvalue weighted by Crippen LogP contribution is -2.42. The van der Waals surface area contributed by atoms with Gasteiger partial charge < -0.3 is 10.2 Å². The van der Waals surface area contributed by atoms with Gasteiger partial charge in [-0.15, -0.1) is 5.10 Å². The summed E-state index contributed by atoms with van der Waals surface area (Å²) >= 11 is 0. The largest absolute Gasteiger partial charge is 0.435 e. The molecule has 3 aromatic rings. The van der Waals surface area contributed by atoms with Crippen LogP contribution >= 0.6 is 0 Å². The van der Waals surface area contributed by atoms with E-state index in [-0.39, 0.29) is 23.3 Å². The molecule has 1 fully saturated rings. The minimum absolute atomic E-state index is 0.101. The van der Waals surface area contributed by atoms with Gasteiger partial charge in [-0.3, -0.25) is 9.59 Å². The number of piperidine rings is 1. The maximum absolute atomic E-state index is 13.8. The molecule has 0 radical (unpaired) electrons. The third-order valence-corrected chi connectivity index (χ3v) is 6.01. The number of aromatic nitrogens is 3. The number of halogens is 4. The summed E-state index contributed by atoms with van der Waals surface area (Å²) < 4.78 is 55.2. The van der Waals surface area contributed by atoms with E-state index in [4.69, 9.17) is 0 Å². The Morgan fingerprint density at radius 1 is 1.09 bits per heavy atom. The van der Waals surface area contributed by atoms with Gasteiger partial charge in [0.2, 0.25) is 0 Å². The minimum Gasteiger partial charge on any atom is -0.336 e. The second-order valence-corrected chi connectivity index (χ2v) is 8.50. The molecule has 1 N–H and O–H groups in total. The third kappa shape index (κ3) is 5.03. The third-order valence-electron chi connectivity index (χ3n) is 6.01. The predicted molar refractivity (Wildman–Crippen MR) is 120 cm³/mol. The Balaban J connectivity index is 1.59. The minimum atomic E-state index is -4.96. The van der Waals surface area contributed by atoms with Crippen molar-refractivity contribution in [3.05, 3.63) is 70.8 Å². The molecule has 0 bridgehead atoms. The summed E-state index contributed by atoms with van der Waals surface area (Å²) in [7, 11) is 0. The van der Waals surface area contributed by atoms with Crippen LogP contribution in [0.1, 0.15) is 58.3 Å². The topological polar surface area (TPSA) is 80.1 Å². The van der Waals surface area contributed by atoms with E-state index in [1.54, 1.807) is 17.9 Å². The summed E-state index contributed by atoms with van der Waals surface area (Å²) in [5, 5.41) is 9.35. The smallest absolute Gasteiger partial charge is 0.336 e. The van der Waals surface area contributed by atoms with Crippen LogP contribution < -0.4 is 5.32 Å². The number of nitrogens with zero attached hydrogens (tertiary/aromatic N) is 4. The van der Waals surface area contributed by atoms with Crippen molar-refractivity contribution < 1.29 is 27.2 Å². The molecular weight excluding hydrogens is 466 g/mol. The number of carbonyl (C=O) groups excluding carboxylic acids is 2. The normalized spacial score (nSPS) is 16.3. The molecule has 11 heteroatoms. The van der Waals surface area contributed by atoms with Crippen LogP contribution in [0.25, 0.3) is 5.69 Å². The van der Waals surface area contributed by atoms with Crippen LogP contribution in [-0.4, -0.2) is 44.3 Å². The molecule has 4 rings (SSSR count). The van der Waals surface area contributed by atoms with Crippen LogP contribution in [0.3, 0.4) is 0 Å². The van der Waals surface area contributed by atoms with Crippen LogP contribution in [0.15, 0.2) is 42.5 Å². The second-order valence-electron chi connectivity index (χ2n) is 8.50. The number of rotatable bonds is 4. The van der Waals surface area contributed by atoms with Gasteiger partial charge in [0.1, 0.15) is 5.82 Å². The molecule has 1 atom stereocenters. The molecular formula is C24H23F4N5O2. The SMILES string of the molecule is Cc1cc(C(=O)N2CCCCC2C)ccc1NC(=O)c1nnn(-c2ccc(F)cc2)c1C(F)(F)F. The Morgan fingerprint density at radius 2 is 1.80 bits per heavy atom. The van der Waals surface area contributed by atoms with E-state index < -0.39 is 29.3 Å². The van der Waals surface area contributed by atoms with E-state index in [0.29, 0.717) is 22.4 Å². The van der Waals surface area contributed by atoms with E-state index in [2.05, 4.69) is 15.6 Å². The van der Waals surface area contributed by atoms with Gasteiger partial charge in [-0.1, -0.05) is 5.21 Å². The quantitative estimate of drug-likeness (QED) is 0.523. The molecule has 0 aliphatic carbocycles. The zero-order valence-electron chi connectivity index (χ0n) is 19.1. The molecule has 35 heavy (non-hydrogen) atoms. The molecule has 1 saturated heterocycles. The summed E-state index contributed by atoms with van der Waals surface area (Å²) in [6.07, 6.45) is -2.02. The molecule has 184 valence electrons. The van der Waals surface area contributed by atoms with Crippen molar-refractivity contribution in [3.8, 4) is 5.69 Å². The fraction of sp³-hybridized carbons (Fsp3) is 0.333. The number of nitrogens with one attached hydrogen (secondary N) is 1. The Labute approximate surface area is 198 Å². The van der Waals surface area contributed by atoms with Crippen molar-refractivity contribution >= 4 is 17.5 Å². The number of hydrogen-bond acceptors (Lipinski definition) is 4. The highest BCUT2D eigenvalue weighted by Gasteiger charge is 2.42. The number of likely N-dealkylation sites (tertiary alicyclic amines) is 1. The van der Waals surface area contributed by atoms with Crippen molar-refractivity contribution in [1.82, 2.24) is 19.9 Å².